The first kappa shape index (κ1) is 20.4. The molecule has 2 aromatic rings. The summed E-state index contributed by atoms with van der Waals surface area (Å²) in [6.45, 7) is 4.03. The van der Waals surface area contributed by atoms with Gasteiger partial charge in [-0.15, -0.1) is 11.3 Å². The molecule has 0 fully saturated rings. The maximum Gasteiger partial charge on any atom is 0.279 e. The van der Waals surface area contributed by atoms with E-state index in [1.165, 1.54) is 11.3 Å². The number of nitrogens with one attached hydrogen (secondary N) is 2. The van der Waals surface area contributed by atoms with E-state index >= 15 is 0 Å². The number of ether oxygens (including phenoxy) is 2. The second-order valence-electron chi connectivity index (χ2n) is 5.60. The number of hydrogen-bond acceptors (Lipinski definition) is 6. The highest BCUT2D eigenvalue weighted by Gasteiger charge is 2.16. The molecule has 0 aliphatic carbocycles. The van der Waals surface area contributed by atoms with E-state index in [-0.39, 0.29) is 18.6 Å². The molecule has 0 bridgehead atoms. The van der Waals surface area contributed by atoms with Gasteiger partial charge in [-0.05, 0) is 49.6 Å². The molecule has 0 aliphatic heterocycles. The van der Waals surface area contributed by atoms with Gasteiger partial charge in [-0.3, -0.25) is 25.2 Å². The second kappa shape index (κ2) is 10.3. The van der Waals surface area contributed by atoms with E-state index in [0.717, 1.165) is 0 Å². The highest BCUT2D eigenvalue weighted by atomic mass is 32.1. The molecule has 0 aliphatic rings. The number of hydrazine groups is 1. The molecular formula is C19H22N2O5S. The van der Waals surface area contributed by atoms with Crippen LogP contribution in [0.15, 0.2) is 41.8 Å². The fraction of sp³-hybridized carbons (Fsp3) is 0.316. The van der Waals surface area contributed by atoms with Gasteiger partial charge in [0.15, 0.2) is 11.9 Å². The molecule has 1 unspecified atom stereocenters. The fourth-order valence-electron chi connectivity index (χ4n) is 2.12. The van der Waals surface area contributed by atoms with Gasteiger partial charge in [-0.25, -0.2) is 0 Å². The molecule has 1 aromatic carbocycles. The van der Waals surface area contributed by atoms with Crippen LogP contribution in [0.1, 0.15) is 36.4 Å². The van der Waals surface area contributed by atoms with E-state index in [1.807, 2.05) is 6.92 Å². The third-order valence-electron chi connectivity index (χ3n) is 3.52. The minimum atomic E-state index is -0.809. The number of benzene rings is 1. The molecular weight excluding hydrogens is 368 g/mol. The Morgan fingerprint density at radius 1 is 1.04 bits per heavy atom. The van der Waals surface area contributed by atoms with Gasteiger partial charge in [0, 0.05) is 12.8 Å². The molecule has 1 aromatic heterocycles. The van der Waals surface area contributed by atoms with Gasteiger partial charge < -0.3 is 9.47 Å². The Labute approximate surface area is 161 Å². The van der Waals surface area contributed by atoms with E-state index in [2.05, 4.69) is 10.9 Å². The topological polar surface area (TPSA) is 93.7 Å². The molecule has 7 nitrogen and oxygen atoms in total. The number of carbonyl (C=O) groups is 3. The third kappa shape index (κ3) is 6.74. The van der Waals surface area contributed by atoms with E-state index in [0.29, 0.717) is 23.0 Å². The van der Waals surface area contributed by atoms with Crippen LogP contribution in [0.3, 0.4) is 0 Å². The smallest absolute Gasteiger partial charge is 0.279 e. The summed E-state index contributed by atoms with van der Waals surface area (Å²) in [6, 6.07) is 10.4. The van der Waals surface area contributed by atoms with Crippen LogP contribution in [0.25, 0.3) is 0 Å². The van der Waals surface area contributed by atoms with E-state index in [9.17, 15) is 14.4 Å². The summed E-state index contributed by atoms with van der Waals surface area (Å²) < 4.78 is 10.9. The van der Waals surface area contributed by atoms with Crippen molar-refractivity contribution in [3.05, 3.63) is 46.7 Å². The molecule has 0 saturated heterocycles. The normalized spacial score (nSPS) is 11.3. The second-order valence-corrected chi connectivity index (χ2v) is 6.55. The average molecular weight is 390 g/mol. The van der Waals surface area contributed by atoms with Crippen LogP contribution < -0.4 is 20.3 Å². The number of rotatable bonds is 9. The molecule has 1 heterocycles. The molecule has 8 heteroatoms. The highest BCUT2D eigenvalue weighted by Crippen LogP contribution is 2.18. The molecule has 144 valence electrons. The molecule has 0 spiro atoms. The summed E-state index contributed by atoms with van der Waals surface area (Å²) in [7, 11) is 0. The number of hydrogen-bond donors (Lipinski definition) is 2. The Morgan fingerprint density at radius 2 is 1.74 bits per heavy atom. The van der Waals surface area contributed by atoms with Gasteiger partial charge in [0.25, 0.3) is 5.91 Å². The van der Waals surface area contributed by atoms with Crippen molar-refractivity contribution in [3.8, 4) is 11.5 Å². The van der Waals surface area contributed by atoms with E-state index in [1.54, 1.807) is 48.7 Å². The van der Waals surface area contributed by atoms with Gasteiger partial charge in [-0.1, -0.05) is 6.07 Å². The number of amides is 2. The predicted octanol–water partition coefficient (Wildman–Crippen LogP) is 2.72. The molecule has 2 rings (SSSR count). The predicted molar refractivity (Wildman–Crippen MR) is 102 cm³/mol. The maximum absolute atomic E-state index is 12.0. The highest BCUT2D eigenvalue weighted by molar-refractivity contribution is 7.12. The average Bonchev–Trinajstić information content (AvgIpc) is 3.20. The van der Waals surface area contributed by atoms with Crippen LogP contribution >= 0.6 is 11.3 Å². The zero-order valence-electron chi connectivity index (χ0n) is 15.2. The van der Waals surface area contributed by atoms with Gasteiger partial charge in [0.2, 0.25) is 5.91 Å². The molecule has 2 N–H and O–H groups in total. The molecule has 0 radical (unpaired) electrons. The molecule has 27 heavy (non-hydrogen) atoms. The lowest BCUT2D eigenvalue weighted by atomic mass is 10.2. The third-order valence-corrected chi connectivity index (χ3v) is 4.43. The number of Topliss-reactive ketones (excluding diaryl/α,β-unsaturated/α-hetero) is 1. The number of carbonyl (C=O) groups excluding carboxylic acids is 3. The van der Waals surface area contributed by atoms with Gasteiger partial charge in [-0.2, -0.15) is 0 Å². The molecule has 0 saturated carbocycles. The first-order valence-electron chi connectivity index (χ1n) is 8.54. The van der Waals surface area contributed by atoms with Crippen LogP contribution in [0.2, 0.25) is 0 Å². The summed E-state index contributed by atoms with van der Waals surface area (Å²) in [5.74, 6) is 0.183. The lowest BCUT2D eigenvalue weighted by Gasteiger charge is -2.15. The van der Waals surface area contributed by atoms with Crippen molar-refractivity contribution >= 4 is 28.9 Å². The minimum absolute atomic E-state index is 0.00879. The summed E-state index contributed by atoms with van der Waals surface area (Å²) >= 11 is 1.33. The van der Waals surface area contributed by atoms with Crippen LogP contribution in [-0.2, 0) is 9.59 Å². The van der Waals surface area contributed by atoms with Crippen LogP contribution in [0, 0.1) is 0 Å². The zero-order chi connectivity index (χ0) is 19.6. The van der Waals surface area contributed by atoms with Crippen molar-refractivity contribution in [3.63, 3.8) is 0 Å². The Bertz CT molecular complexity index is 759. The van der Waals surface area contributed by atoms with Crippen molar-refractivity contribution < 1.29 is 23.9 Å². The first-order chi connectivity index (χ1) is 13.0. The largest absolute Gasteiger partial charge is 0.494 e. The molecule has 2 amide bonds. The van der Waals surface area contributed by atoms with Crippen LogP contribution in [0.4, 0.5) is 0 Å². The van der Waals surface area contributed by atoms with Gasteiger partial charge in [0.1, 0.15) is 11.5 Å². The van der Waals surface area contributed by atoms with Gasteiger partial charge >= 0.3 is 0 Å². The van der Waals surface area contributed by atoms with Gasteiger partial charge in [0.05, 0.1) is 11.5 Å². The van der Waals surface area contributed by atoms with Crippen molar-refractivity contribution in [2.75, 3.05) is 6.61 Å². The quantitative estimate of drug-likeness (QED) is 0.507. The lowest BCUT2D eigenvalue weighted by Crippen LogP contribution is -2.47. The standard InChI is InChI=1S/C19H22N2O5S/c1-3-25-14-6-8-15(9-7-14)26-13(2)19(24)21-20-18(23)11-10-16(22)17-5-4-12-27-17/h4-9,12-13H,3,10-11H2,1-2H3,(H,20,23)(H,21,24). The Morgan fingerprint density at radius 3 is 2.37 bits per heavy atom. The van der Waals surface area contributed by atoms with Crippen molar-refractivity contribution in [1.82, 2.24) is 10.9 Å². The number of thiophene rings is 1. The summed E-state index contributed by atoms with van der Waals surface area (Å²) in [5.41, 5.74) is 4.58. The lowest BCUT2D eigenvalue weighted by molar-refractivity contribution is -0.132. The number of ketones is 1. The summed E-state index contributed by atoms with van der Waals surface area (Å²) in [6.07, 6.45) is -0.734. The van der Waals surface area contributed by atoms with Crippen LogP contribution in [0.5, 0.6) is 11.5 Å². The SMILES string of the molecule is CCOc1ccc(OC(C)C(=O)NNC(=O)CCC(=O)c2cccs2)cc1. The fourth-order valence-corrected chi connectivity index (χ4v) is 2.82. The summed E-state index contributed by atoms with van der Waals surface area (Å²) in [5, 5.41) is 1.80. The Balaban J connectivity index is 1.70. The van der Waals surface area contributed by atoms with Crippen LogP contribution in [-0.4, -0.2) is 30.3 Å². The Kier molecular flexibility index (Phi) is 7.81. The monoisotopic (exact) mass is 390 g/mol. The van der Waals surface area contributed by atoms with Crippen molar-refractivity contribution in [2.24, 2.45) is 0 Å². The van der Waals surface area contributed by atoms with E-state index < -0.39 is 17.9 Å². The van der Waals surface area contributed by atoms with Crippen molar-refractivity contribution in [2.45, 2.75) is 32.8 Å². The summed E-state index contributed by atoms with van der Waals surface area (Å²) in [4.78, 5) is 36.2. The minimum Gasteiger partial charge on any atom is -0.494 e. The van der Waals surface area contributed by atoms with E-state index in [4.69, 9.17) is 9.47 Å². The first-order valence-corrected chi connectivity index (χ1v) is 9.42. The zero-order valence-corrected chi connectivity index (χ0v) is 16.0. The van der Waals surface area contributed by atoms with Crippen molar-refractivity contribution in [1.29, 1.82) is 0 Å². The maximum atomic E-state index is 12.0. The molecule has 1 atom stereocenters. The Hall–Kier alpha value is -2.87.